The summed E-state index contributed by atoms with van der Waals surface area (Å²) >= 11 is 0. The SMILES string of the molecule is Cc1cc(NC2(CO)CCCC2)ccc1[N+](=O)[O-]. The lowest BCUT2D eigenvalue weighted by Crippen LogP contribution is -2.38. The molecule has 1 aliphatic rings. The van der Waals surface area contributed by atoms with Crippen LogP contribution in [0.15, 0.2) is 18.2 Å². The molecule has 2 rings (SSSR count). The average molecular weight is 250 g/mol. The predicted octanol–water partition coefficient (Wildman–Crippen LogP) is 2.62. The molecule has 0 aliphatic heterocycles. The largest absolute Gasteiger partial charge is 0.394 e. The highest BCUT2D eigenvalue weighted by Gasteiger charge is 2.33. The molecule has 1 aromatic rings. The number of hydrogen-bond donors (Lipinski definition) is 2. The molecule has 2 N–H and O–H groups in total. The summed E-state index contributed by atoms with van der Waals surface area (Å²) < 4.78 is 0. The average Bonchev–Trinajstić information content (AvgIpc) is 2.78. The number of anilines is 1. The van der Waals surface area contributed by atoms with Crippen LogP contribution in [0.5, 0.6) is 0 Å². The molecular weight excluding hydrogens is 232 g/mol. The van der Waals surface area contributed by atoms with Crippen molar-refractivity contribution >= 4 is 11.4 Å². The van der Waals surface area contributed by atoms with E-state index in [1.54, 1.807) is 19.1 Å². The number of benzene rings is 1. The minimum Gasteiger partial charge on any atom is -0.394 e. The van der Waals surface area contributed by atoms with Crippen molar-refractivity contribution < 1.29 is 10.0 Å². The molecule has 1 saturated carbocycles. The van der Waals surface area contributed by atoms with Gasteiger partial charge in [-0.3, -0.25) is 10.1 Å². The lowest BCUT2D eigenvalue weighted by atomic mass is 9.98. The maximum absolute atomic E-state index is 10.7. The highest BCUT2D eigenvalue weighted by Crippen LogP contribution is 2.33. The molecule has 0 unspecified atom stereocenters. The molecule has 1 aromatic carbocycles. The maximum Gasteiger partial charge on any atom is 0.272 e. The zero-order valence-electron chi connectivity index (χ0n) is 10.5. The Bertz CT molecular complexity index is 454. The second-order valence-corrected chi connectivity index (χ2v) is 5.03. The van der Waals surface area contributed by atoms with Crippen molar-refractivity contribution in [3.05, 3.63) is 33.9 Å². The van der Waals surface area contributed by atoms with E-state index >= 15 is 0 Å². The van der Waals surface area contributed by atoms with Gasteiger partial charge in [-0.2, -0.15) is 0 Å². The Kier molecular flexibility index (Phi) is 3.52. The predicted molar refractivity (Wildman–Crippen MR) is 69.7 cm³/mol. The number of rotatable bonds is 4. The number of aliphatic hydroxyl groups is 1. The molecular formula is C13H18N2O3. The Labute approximate surface area is 106 Å². The maximum atomic E-state index is 10.7. The molecule has 5 heteroatoms. The number of aliphatic hydroxyl groups excluding tert-OH is 1. The number of nitrogens with one attached hydrogen (secondary N) is 1. The van der Waals surface area contributed by atoms with Gasteiger partial charge in [-0.1, -0.05) is 12.8 Å². The minimum absolute atomic E-state index is 0.100. The molecule has 18 heavy (non-hydrogen) atoms. The second-order valence-electron chi connectivity index (χ2n) is 5.03. The van der Waals surface area contributed by atoms with Crippen LogP contribution in [0.2, 0.25) is 0 Å². The van der Waals surface area contributed by atoms with Gasteiger partial charge in [0.05, 0.1) is 17.1 Å². The van der Waals surface area contributed by atoms with Crippen molar-refractivity contribution in [2.75, 3.05) is 11.9 Å². The summed E-state index contributed by atoms with van der Waals surface area (Å²) in [5.41, 5.74) is 1.36. The normalized spacial score (nSPS) is 17.7. The third kappa shape index (κ3) is 2.46. The first-order chi connectivity index (χ1) is 8.56. The van der Waals surface area contributed by atoms with Gasteiger partial charge in [-0.15, -0.1) is 0 Å². The molecule has 0 saturated heterocycles. The highest BCUT2D eigenvalue weighted by molar-refractivity contribution is 5.55. The van der Waals surface area contributed by atoms with Crippen molar-refractivity contribution in [3.63, 3.8) is 0 Å². The Morgan fingerprint density at radius 3 is 2.61 bits per heavy atom. The van der Waals surface area contributed by atoms with E-state index in [0.717, 1.165) is 31.4 Å². The van der Waals surface area contributed by atoms with E-state index < -0.39 is 0 Å². The third-order valence-electron chi connectivity index (χ3n) is 3.67. The fraction of sp³-hybridized carbons (Fsp3) is 0.538. The molecule has 5 nitrogen and oxygen atoms in total. The van der Waals surface area contributed by atoms with Crippen molar-refractivity contribution in [1.29, 1.82) is 0 Å². The first kappa shape index (κ1) is 12.8. The summed E-state index contributed by atoms with van der Waals surface area (Å²) in [4.78, 5) is 10.4. The summed E-state index contributed by atoms with van der Waals surface area (Å²) in [6.45, 7) is 1.83. The second kappa shape index (κ2) is 4.94. The molecule has 0 aromatic heterocycles. The summed E-state index contributed by atoms with van der Waals surface area (Å²) in [7, 11) is 0. The molecule has 0 bridgehead atoms. The van der Waals surface area contributed by atoms with Crippen LogP contribution in [-0.2, 0) is 0 Å². The minimum atomic E-state index is -0.378. The molecule has 0 atom stereocenters. The van der Waals surface area contributed by atoms with E-state index in [2.05, 4.69) is 5.32 Å². The monoisotopic (exact) mass is 250 g/mol. The fourth-order valence-corrected chi connectivity index (χ4v) is 2.62. The van der Waals surface area contributed by atoms with E-state index in [1.807, 2.05) is 0 Å². The zero-order chi connectivity index (χ0) is 13.2. The van der Waals surface area contributed by atoms with Crippen LogP contribution in [0.4, 0.5) is 11.4 Å². The van der Waals surface area contributed by atoms with Gasteiger partial charge in [0.2, 0.25) is 0 Å². The highest BCUT2D eigenvalue weighted by atomic mass is 16.6. The number of hydrogen-bond acceptors (Lipinski definition) is 4. The van der Waals surface area contributed by atoms with Crippen molar-refractivity contribution in [2.24, 2.45) is 0 Å². The van der Waals surface area contributed by atoms with Crippen LogP contribution >= 0.6 is 0 Å². The summed E-state index contributed by atoms with van der Waals surface area (Å²) in [5.74, 6) is 0. The Morgan fingerprint density at radius 1 is 1.44 bits per heavy atom. The summed E-state index contributed by atoms with van der Waals surface area (Å²) in [6.07, 6.45) is 4.11. The van der Waals surface area contributed by atoms with Gasteiger partial charge in [-0.25, -0.2) is 0 Å². The van der Waals surface area contributed by atoms with E-state index in [9.17, 15) is 15.2 Å². The van der Waals surface area contributed by atoms with Gasteiger partial charge in [-0.05, 0) is 31.9 Å². The Hall–Kier alpha value is -1.62. The van der Waals surface area contributed by atoms with Crippen molar-refractivity contribution in [3.8, 4) is 0 Å². The lowest BCUT2D eigenvalue weighted by molar-refractivity contribution is -0.385. The van der Waals surface area contributed by atoms with E-state index in [0.29, 0.717) is 5.56 Å². The van der Waals surface area contributed by atoms with Gasteiger partial charge in [0, 0.05) is 17.3 Å². The quantitative estimate of drug-likeness (QED) is 0.636. The number of nitro groups is 1. The van der Waals surface area contributed by atoms with Crippen LogP contribution in [0, 0.1) is 17.0 Å². The first-order valence-electron chi connectivity index (χ1n) is 6.20. The van der Waals surface area contributed by atoms with Crippen LogP contribution in [-0.4, -0.2) is 22.2 Å². The van der Waals surface area contributed by atoms with E-state index in [4.69, 9.17) is 0 Å². The van der Waals surface area contributed by atoms with Gasteiger partial charge in [0.25, 0.3) is 5.69 Å². The summed E-state index contributed by atoms with van der Waals surface area (Å²) in [5, 5.41) is 23.6. The van der Waals surface area contributed by atoms with Crippen LogP contribution in [0.1, 0.15) is 31.2 Å². The van der Waals surface area contributed by atoms with Gasteiger partial charge < -0.3 is 10.4 Å². The Balaban J connectivity index is 2.19. The zero-order valence-corrected chi connectivity index (χ0v) is 10.5. The first-order valence-corrected chi connectivity index (χ1v) is 6.20. The molecule has 98 valence electrons. The van der Waals surface area contributed by atoms with Crippen LogP contribution < -0.4 is 5.32 Å². The third-order valence-corrected chi connectivity index (χ3v) is 3.67. The number of nitro benzene ring substituents is 1. The molecule has 1 fully saturated rings. The van der Waals surface area contributed by atoms with E-state index in [-0.39, 0.29) is 22.8 Å². The molecule has 1 aliphatic carbocycles. The number of nitrogens with zero attached hydrogens (tertiary/aromatic N) is 1. The summed E-state index contributed by atoms with van der Waals surface area (Å²) in [6, 6.07) is 4.99. The fourth-order valence-electron chi connectivity index (χ4n) is 2.62. The Morgan fingerprint density at radius 2 is 2.11 bits per heavy atom. The van der Waals surface area contributed by atoms with Crippen molar-refractivity contribution in [1.82, 2.24) is 0 Å². The topological polar surface area (TPSA) is 75.4 Å². The van der Waals surface area contributed by atoms with Crippen LogP contribution in [0.3, 0.4) is 0 Å². The molecule has 0 spiro atoms. The van der Waals surface area contributed by atoms with Crippen molar-refractivity contribution in [2.45, 2.75) is 38.1 Å². The number of aryl methyl sites for hydroxylation is 1. The molecule has 0 amide bonds. The standard InChI is InChI=1S/C13H18N2O3/c1-10-8-11(4-5-12(10)15(17)18)14-13(9-16)6-2-3-7-13/h4-5,8,14,16H,2-3,6-7,9H2,1H3. The van der Waals surface area contributed by atoms with Crippen LogP contribution in [0.25, 0.3) is 0 Å². The smallest absolute Gasteiger partial charge is 0.272 e. The molecule has 0 heterocycles. The van der Waals surface area contributed by atoms with Gasteiger partial charge in [0.15, 0.2) is 0 Å². The lowest BCUT2D eigenvalue weighted by Gasteiger charge is -2.29. The van der Waals surface area contributed by atoms with Gasteiger partial charge in [0.1, 0.15) is 0 Å². The van der Waals surface area contributed by atoms with Gasteiger partial charge >= 0.3 is 0 Å². The molecule has 0 radical (unpaired) electrons. The van der Waals surface area contributed by atoms with E-state index in [1.165, 1.54) is 6.07 Å².